The smallest absolute Gasteiger partial charge is 0.306 e. The van der Waals surface area contributed by atoms with E-state index < -0.39 is 6.10 Å². The first-order valence-corrected chi connectivity index (χ1v) is 34.1. The van der Waals surface area contributed by atoms with E-state index in [9.17, 15) is 14.4 Å². The second-order valence-electron chi connectivity index (χ2n) is 22.7. The summed E-state index contributed by atoms with van der Waals surface area (Å²) in [5.41, 5.74) is 0. The van der Waals surface area contributed by atoms with Gasteiger partial charge in [0.25, 0.3) is 0 Å². The Morgan fingerprint density at radius 1 is 0.266 bits per heavy atom. The van der Waals surface area contributed by atoms with Gasteiger partial charge in [-0.25, -0.2) is 0 Å². The Balaban J connectivity index is 4.32. The van der Waals surface area contributed by atoms with Crippen LogP contribution in [0.15, 0.2) is 85.1 Å². The highest BCUT2D eigenvalue weighted by Crippen LogP contribution is 2.18. The molecule has 0 aromatic carbocycles. The van der Waals surface area contributed by atoms with Crippen molar-refractivity contribution in [3.63, 3.8) is 0 Å². The van der Waals surface area contributed by atoms with Crippen LogP contribution in [0.2, 0.25) is 0 Å². The molecule has 0 amide bonds. The van der Waals surface area contributed by atoms with E-state index in [2.05, 4.69) is 99.8 Å². The quantitative estimate of drug-likeness (QED) is 0.0261. The minimum absolute atomic E-state index is 0.0990. The Morgan fingerprint density at radius 2 is 0.519 bits per heavy atom. The van der Waals surface area contributed by atoms with E-state index in [0.29, 0.717) is 19.3 Å². The van der Waals surface area contributed by atoms with Gasteiger partial charge in [-0.1, -0.05) is 324 Å². The van der Waals surface area contributed by atoms with Gasteiger partial charge in [-0.05, 0) is 83.5 Å². The third kappa shape index (κ3) is 65.3. The predicted molar refractivity (Wildman–Crippen MR) is 344 cm³/mol. The molecule has 0 aromatic heterocycles. The maximum absolute atomic E-state index is 12.9. The summed E-state index contributed by atoms with van der Waals surface area (Å²) >= 11 is 0. The van der Waals surface area contributed by atoms with E-state index in [0.717, 1.165) is 83.5 Å². The van der Waals surface area contributed by atoms with Gasteiger partial charge < -0.3 is 14.2 Å². The van der Waals surface area contributed by atoms with E-state index in [4.69, 9.17) is 14.2 Å². The van der Waals surface area contributed by atoms with Crippen molar-refractivity contribution in [3.8, 4) is 0 Å². The van der Waals surface area contributed by atoms with Crippen molar-refractivity contribution in [3.05, 3.63) is 85.1 Å². The lowest BCUT2D eigenvalue weighted by Gasteiger charge is -2.18. The fraction of sp³-hybridized carbons (Fsp3) is 0.767. The largest absolute Gasteiger partial charge is 0.462 e. The molecule has 0 heterocycles. The van der Waals surface area contributed by atoms with Crippen LogP contribution < -0.4 is 0 Å². The number of carbonyl (C=O) groups excluding carboxylic acids is 3. The Kier molecular flexibility index (Phi) is 64.2. The van der Waals surface area contributed by atoms with Crippen LogP contribution in [0.25, 0.3) is 0 Å². The normalized spacial score (nSPS) is 12.6. The number of ether oxygens (including phenoxy) is 3. The molecular weight excluding hydrogens is 973 g/mol. The van der Waals surface area contributed by atoms with Crippen LogP contribution in [0, 0.1) is 0 Å². The molecule has 79 heavy (non-hydrogen) atoms. The molecule has 0 bridgehead atoms. The fourth-order valence-corrected chi connectivity index (χ4v) is 9.82. The summed E-state index contributed by atoms with van der Waals surface area (Å²) in [6, 6.07) is 0. The second-order valence-corrected chi connectivity index (χ2v) is 22.7. The molecule has 0 aliphatic heterocycles. The van der Waals surface area contributed by atoms with Crippen LogP contribution in [-0.2, 0) is 28.6 Å². The van der Waals surface area contributed by atoms with Gasteiger partial charge in [-0.3, -0.25) is 14.4 Å². The summed E-state index contributed by atoms with van der Waals surface area (Å²) in [6.07, 6.45) is 89.1. The van der Waals surface area contributed by atoms with Crippen LogP contribution in [0.4, 0.5) is 0 Å². The zero-order chi connectivity index (χ0) is 57.1. The number of rotatable bonds is 62. The molecule has 0 aliphatic rings. The molecule has 0 aliphatic carbocycles. The second kappa shape index (κ2) is 67.1. The number of allylic oxidation sites excluding steroid dienone is 14. The minimum atomic E-state index is -0.810. The Bertz CT molecular complexity index is 1500. The molecule has 456 valence electrons. The molecule has 0 rings (SSSR count). The summed E-state index contributed by atoms with van der Waals surface area (Å²) in [4.78, 5) is 38.3. The maximum atomic E-state index is 12.9. The van der Waals surface area contributed by atoms with Gasteiger partial charge >= 0.3 is 17.9 Å². The summed E-state index contributed by atoms with van der Waals surface area (Å²) in [6.45, 7) is 6.49. The minimum Gasteiger partial charge on any atom is -0.462 e. The molecule has 0 fully saturated rings. The van der Waals surface area contributed by atoms with Gasteiger partial charge in [0.2, 0.25) is 0 Å². The van der Waals surface area contributed by atoms with E-state index >= 15 is 0 Å². The van der Waals surface area contributed by atoms with Crippen molar-refractivity contribution in [1.29, 1.82) is 0 Å². The van der Waals surface area contributed by atoms with Gasteiger partial charge in [0.1, 0.15) is 13.2 Å². The Hall–Kier alpha value is -3.41. The van der Waals surface area contributed by atoms with Crippen molar-refractivity contribution in [2.24, 2.45) is 0 Å². The van der Waals surface area contributed by atoms with Gasteiger partial charge in [-0.2, -0.15) is 0 Å². The SMILES string of the molecule is CC/C=C\C/C=C\C/C=C\C/C=C\CCC(=O)OCC(COC(=O)CCCCCCCCCCCCCCCCCCCCCCCCCCC)OC(=O)CCCCCCCCCC/C=C\C/C=C\C/C=C\CCCCCCC. The van der Waals surface area contributed by atoms with E-state index in [1.54, 1.807) is 0 Å². The average molecular weight is 1100 g/mol. The lowest BCUT2D eigenvalue weighted by atomic mass is 10.0. The zero-order valence-electron chi connectivity index (χ0n) is 52.4. The molecule has 0 saturated carbocycles. The molecule has 1 unspecified atom stereocenters. The summed E-state index contributed by atoms with van der Waals surface area (Å²) in [5.74, 6) is -0.976. The summed E-state index contributed by atoms with van der Waals surface area (Å²) in [5, 5.41) is 0. The first-order valence-electron chi connectivity index (χ1n) is 34.1. The third-order valence-corrected chi connectivity index (χ3v) is 14.9. The number of esters is 3. The summed E-state index contributed by atoms with van der Waals surface area (Å²) < 4.78 is 16.9. The van der Waals surface area contributed by atoms with E-state index in [1.807, 2.05) is 6.08 Å². The Morgan fingerprint density at radius 3 is 0.848 bits per heavy atom. The van der Waals surface area contributed by atoms with E-state index in [-0.39, 0.29) is 37.5 Å². The van der Waals surface area contributed by atoms with Crippen LogP contribution >= 0.6 is 0 Å². The monoisotopic (exact) mass is 1100 g/mol. The van der Waals surface area contributed by atoms with Crippen LogP contribution in [-0.4, -0.2) is 37.2 Å². The highest BCUT2D eigenvalue weighted by molar-refractivity contribution is 5.71. The van der Waals surface area contributed by atoms with Gasteiger partial charge in [0, 0.05) is 19.3 Å². The maximum Gasteiger partial charge on any atom is 0.306 e. The lowest BCUT2D eigenvalue weighted by Crippen LogP contribution is -2.30. The Labute approximate surface area is 490 Å². The number of hydrogen-bond donors (Lipinski definition) is 0. The number of carbonyl (C=O) groups is 3. The standard InChI is InChI=1S/C73H128O6/c1-4-7-10-13-16-19-22-25-27-29-31-33-35-36-38-39-41-43-45-48-51-54-57-60-63-66-72(75)78-69-70(68-77-71(74)65-62-59-56-53-50-47-24-21-18-15-12-9-6-3)79-73(76)67-64-61-58-55-52-49-46-44-42-40-37-34-32-30-28-26-23-20-17-14-11-8-5-2/h9,12,18,21,23,26,30,32,37,40,47,50,56,59,70H,4-8,10-11,13-17,19-20,22,24-25,27-29,31,33-36,38-39,41-46,48-49,51-55,57-58,60-69H2,1-3H3/b12-9-,21-18-,26-23-,32-30-,40-37-,50-47-,59-56-. The summed E-state index contributed by atoms with van der Waals surface area (Å²) in [7, 11) is 0. The van der Waals surface area contributed by atoms with Crippen LogP contribution in [0.5, 0.6) is 0 Å². The highest BCUT2D eigenvalue weighted by Gasteiger charge is 2.19. The third-order valence-electron chi connectivity index (χ3n) is 14.9. The van der Waals surface area contributed by atoms with Crippen molar-refractivity contribution < 1.29 is 28.6 Å². The first-order chi connectivity index (χ1) is 39.0. The van der Waals surface area contributed by atoms with Gasteiger partial charge in [0.05, 0.1) is 0 Å². The average Bonchev–Trinajstić information content (AvgIpc) is 3.45. The molecule has 0 aromatic rings. The molecule has 0 spiro atoms. The molecule has 0 radical (unpaired) electrons. The molecule has 6 nitrogen and oxygen atoms in total. The van der Waals surface area contributed by atoms with Gasteiger partial charge in [0.15, 0.2) is 6.10 Å². The molecular formula is C73H128O6. The van der Waals surface area contributed by atoms with E-state index in [1.165, 1.54) is 212 Å². The molecule has 0 saturated heterocycles. The number of hydrogen-bond acceptors (Lipinski definition) is 6. The predicted octanol–water partition coefficient (Wildman–Crippen LogP) is 23.4. The lowest BCUT2D eigenvalue weighted by molar-refractivity contribution is -0.166. The zero-order valence-corrected chi connectivity index (χ0v) is 52.4. The molecule has 6 heteroatoms. The highest BCUT2D eigenvalue weighted by atomic mass is 16.6. The molecule has 0 N–H and O–H groups in total. The fourth-order valence-electron chi connectivity index (χ4n) is 9.82. The van der Waals surface area contributed by atoms with Gasteiger partial charge in [-0.15, -0.1) is 0 Å². The number of unbranched alkanes of at least 4 members (excludes halogenated alkanes) is 37. The van der Waals surface area contributed by atoms with Crippen molar-refractivity contribution in [1.82, 2.24) is 0 Å². The van der Waals surface area contributed by atoms with Crippen LogP contribution in [0.3, 0.4) is 0 Å². The first kappa shape index (κ1) is 75.6. The van der Waals surface area contributed by atoms with Crippen molar-refractivity contribution in [2.75, 3.05) is 13.2 Å². The van der Waals surface area contributed by atoms with Crippen molar-refractivity contribution >= 4 is 17.9 Å². The topological polar surface area (TPSA) is 78.9 Å². The molecule has 1 atom stereocenters. The van der Waals surface area contributed by atoms with Crippen LogP contribution in [0.1, 0.15) is 342 Å². The van der Waals surface area contributed by atoms with Crippen molar-refractivity contribution in [2.45, 2.75) is 348 Å².